The molecule has 0 N–H and O–H groups in total. The van der Waals surface area contributed by atoms with E-state index < -0.39 is 10.3 Å². The number of halogens is 2. The highest BCUT2D eigenvalue weighted by Gasteiger charge is 2.68. The summed E-state index contributed by atoms with van der Waals surface area (Å²) >= 11 is 12.2. The van der Waals surface area contributed by atoms with Gasteiger partial charge in [-0.2, -0.15) is 0 Å². The van der Waals surface area contributed by atoms with Gasteiger partial charge in [-0.15, -0.1) is 0 Å². The second-order valence-corrected chi connectivity index (χ2v) is 5.24. The van der Waals surface area contributed by atoms with E-state index in [2.05, 4.69) is 0 Å². The summed E-state index contributed by atoms with van der Waals surface area (Å²) in [6.07, 6.45) is 0. The van der Waals surface area contributed by atoms with Crippen LogP contribution in [0.15, 0.2) is 30.3 Å². The molecule has 4 heteroatoms. The molecule has 0 aliphatic heterocycles. The zero-order valence-corrected chi connectivity index (χ0v) is 10.3. The fraction of sp³-hybridized carbons (Fsp3) is 0.417. The summed E-state index contributed by atoms with van der Waals surface area (Å²) in [5.41, 5.74) is 0.977. The van der Waals surface area contributed by atoms with Gasteiger partial charge in [-0.05, 0) is 12.5 Å². The Balaban J connectivity index is 2.17. The molecule has 0 spiro atoms. The van der Waals surface area contributed by atoms with Crippen LogP contribution in [-0.4, -0.2) is 16.9 Å². The molecule has 1 fully saturated rings. The topological polar surface area (TPSA) is 26.3 Å². The van der Waals surface area contributed by atoms with Crippen molar-refractivity contribution in [3.63, 3.8) is 0 Å². The molecule has 2 atom stereocenters. The van der Waals surface area contributed by atoms with Crippen LogP contribution in [0.25, 0.3) is 0 Å². The first-order chi connectivity index (χ1) is 7.59. The summed E-state index contributed by atoms with van der Waals surface area (Å²) in [6, 6.07) is 9.56. The largest absolute Gasteiger partial charge is 0.466 e. The summed E-state index contributed by atoms with van der Waals surface area (Å²) in [6.45, 7) is 2.11. The number of alkyl halides is 2. The SMILES string of the molecule is CCOC(=O)C1C(c2ccccc2)C1(Cl)Cl. The molecule has 86 valence electrons. The Morgan fingerprint density at radius 3 is 2.56 bits per heavy atom. The molecule has 1 aliphatic rings. The Labute approximate surface area is 104 Å². The van der Waals surface area contributed by atoms with Crippen LogP contribution in [0.1, 0.15) is 18.4 Å². The molecule has 1 aromatic carbocycles. The van der Waals surface area contributed by atoms with Crippen molar-refractivity contribution in [2.24, 2.45) is 5.92 Å². The summed E-state index contributed by atoms with van der Waals surface area (Å²) in [5, 5.41) is 0. The minimum atomic E-state index is -1.02. The highest BCUT2D eigenvalue weighted by Crippen LogP contribution is 2.65. The third kappa shape index (κ3) is 1.92. The molecule has 0 heterocycles. The minimum absolute atomic E-state index is 0.156. The van der Waals surface area contributed by atoms with E-state index in [1.807, 2.05) is 30.3 Å². The lowest BCUT2D eigenvalue weighted by Crippen LogP contribution is -2.10. The Morgan fingerprint density at radius 2 is 2.00 bits per heavy atom. The van der Waals surface area contributed by atoms with Crippen LogP contribution in [0.5, 0.6) is 0 Å². The molecule has 1 aromatic rings. The highest BCUT2D eigenvalue weighted by atomic mass is 35.5. The Bertz CT molecular complexity index is 389. The van der Waals surface area contributed by atoms with Crippen LogP contribution >= 0.6 is 23.2 Å². The molecule has 1 aliphatic carbocycles. The van der Waals surface area contributed by atoms with E-state index in [9.17, 15) is 4.79 Å². The van der Waals surface area contributed by atoms with Gasteiger partial charge in [-0.3, -0.25) is 4.79 Å². The van der Waals surface area contributed by atoms with Gasteiger partial charge in [-0.1, -0.05) is 53.5 Å². The third-order valence-corrected chi connectivity index (χ3v) is 3.69. The van der Waals surface area contributed by atoms with E-state index in [-0.39, 0.29) is 11.9 Å². The number of carbonyl (C=O) groups is 1. The Hall–Kier alpha value is -0.730. The zero-order chi connectivity index (χ0) is 11.8. The molecular formula is C12H12Cl2O2. The van der Waals surface area contributed by atoms with Crippen LogP contribution in [0, 0.1) is 5.92 Å². The summed E-state index contributed by atoms with van der Waals surface area (Å²) in [5.74, 6) is -0.921. The van der Waals surface area contributed by atoms with Crippen LogP contribution in [0.4, 0.5) is 0 Å². The predicted molar refractivity (Wildman–Crippen MR) is 63.7 cm³/mol. The average Bonchev–Trinajstić information content (AvgIpc) is 2.83. The van der Waals surface area contributed by atoms with E-state index in [4.69, 9.17) is 27.9 Å². The molecule has 1 saturated carbocycles. The van der Waals surface area contributed by atoms with Crippen molar-refractivity contribution in [3.8, 4) is 0 Å². The zero-order valence-electron chi connectivity index (χ0n) is 8.82. The monoisotopic (exact) mass is 258 g/mol. The van der Waals surface area contributed by atoms with Gasteiger partial charge in [0.05, 0.1) is 6.61 Å². The number of hydrogen-bond donors (Lipinski definition) is 0. The smallest absolute Gasteiger partial charge is 0.312 e. The maximum atomic E-state index is 11.6. The lowest BCUT2D eigenvalue weighted by atomic mass is 10.1. The molecule has 2 rings (SSSR count). The molecule has 0 bridgehead atoms. The van der Waals surface area contributed by atoms with Gasteiger partial charge in [0.1, 0.15) is 10.3 Å². The molecule has 16 heavy (non-hydrogen) atoms. The summed E-state index contributed by atoms with van der Waals surface area (Å²) < 4.78 is 3.93. The van der Waals surface area contributed by atoms with Gasteiger partial charge in [0, 0.05) is 5.92 Å². The van der Waals surface area contributed by atoms with Crippen molar-refractivity contribution >= 4 is 29.2 Å². The molecule has 2 nitrogen and oxygen atoms in total. The standard InChI is InChI=1S/C12H12Cl2O2/c1-2-16-11(15)10-9(12(10,13)14)8-6-4-3-5-7-8/h3-7,9-10H,2H2,1H3. The number of ether oxygens (including phenoxy) is 1. The number of benzene rings is 1. The lowest BCUT2D eigenvalue weighted by molar-refractivity contribution is -0.144. The first kappa shape index (κ1) is 11.7. The normalized spacial score (nSPS) is 26.2. The maximum Gasteiger partial charge on any atom is 0.312 e. The van der Waals surface area contributed by atoms with Gasteiger partial charge < -0.3 is 4.74 Å². The van der Waals surface area contributed by atoms with Gasteiger partial charge in [0.2, 0.25) is 0 Å². The van der Waals surface area contributed by atoms with E-state index in [0.29, 0.717) is 6.61 Å². The average molecular weight is 259 g/mol. The van der Waals surface area contributed by atoms with Gasteiger partial charge in [-0.25, -0.2) is 0 Å². The second kappa shape index (κ2) is 4.27. The van der Waals surface area contributed by atoms with Gasteiger partial charge >= 0.3 is 5.97 Å². The van der Waals surface area contributed by atoms with Crippen molar-refractivity contribution in [1.82, 2.24) is 0 Å². The number of carbonyl (C=O) groups excluding carboxylic acids is 1. The van der Waals surface area contributed by atoms with Crippen LogP contribution < -0.4 is 0 Å². The number of hydrogen-bond acceptors (Lipinski definition) is 2. The number of rotatable bonds is 3. The van der Waals surface area contributed by atoms with Crippen molar-refractivity contribution in [1.29, 1.82) is 0 Å². The summed E-state index contributed by atoms with van der Waals surface area (Å²) in [4.78, 5) is 11.6. The molecule has 2 unspecified atom stereocenters. The van der Waals surface area contributed by atoms with E-state index >= 15 is 0 Å². The predicted octanol–water partition coefficient (Wildman–Crippen LogP) is 3.14. The van der Waals surface area contributed by atoms with Crippen LogP contribution in [0.2, 0.25) is 0 Å². The Kier molecular flexibility index (Phi) is 3.13. The molecule has 0 saturated heterocycles. The van der Waals surface area contributed by atoms with Gasteiger partial charge in [0.25, 0.3) is 0 Å². The van der Waals surface area contributed by atoms with Crippen molar-refractivity contribution < 1.29 is 9.53 Å². The van der Waals surface area contributed by atoms with Crippen molar-refractivity contribution in [3.05, 3.63) is 35.9 Å². The van der Waals surface area contributed by atoms with Crippen LogP contribution in [0.3, 0.4) is 0 Å². The molecule has 0 aromatic heterocycles. The van der Waals surface area contributed by atoms with Crippen molar-refractivity contribution in [2.75, 3.05) is 6.61 Å². The maximum absolute atomic E-state index is 11.6. The summed E-state index contributed by atoms with van der Waals surface area (Å²) in [7, 11) is 0. The van der Waals surface area contributed by atoms with Gasteiger partial charge in [0.15, 0.2) is 0 Å². The molecule has 0 radical (unpaired) electrons. The minimum Gasteiger partial charge on any atom is -0.466 e. The van der Waals surface area contributed by atoms with E-state index in [0.717, 1.165) is 5.56 Å². The highest BCUT2D eigenvalue weighted by molar-refractivity contribution is 6.53. The van der Waals surface area contributed by atoms with E-state index in [1.165, 1.54) is 0 Å². The van der Waals surface area contributed by atoms with Crippen LogP contribution in [-0.2, 0) is 9.53 Å². The lowest BCUT2D eigenvalue weighted by Gasteiger charge is -1.99. The second-order valence-electron chi connectivity index (χ2n) is 3.79. The molecule has 0 amide bonds. The molecular weight excluding hydrogens is 247 g/mol. The third-order valence-electron chi connectivity index (χ3n) is 2.75. The first-order valence-corrected chi connectivity index (χ1v) is 5.94. The van der Waals surface area contributed by atoms with E-state index in [1.54, 1.807) is 6.92 Å². The fourth-order valence-electron chi connectivity index (χ4n) is 1.93. The number of esters is 1. The Morgan fingerprint density at radius 1 is 1.38 bits per heavy atom. The fourth-order valence-corrected chi connectivity index (χ4v) is 2.74. The quantitative estimate of drug-likeness (QED) is 0.615. The first-order valence-electron chi connectivity index (χ1n) is 5.18. The van der Waals surface area contributed by atoms with Crippen molar-refractivity contribution in [2.45, 2.75) is 17.2 Å².